The summed E-state index contributed by atoms with van der Waals surface area (Å²) in [6.45, 7) is 0.152. The first kappa shape index (κ1) is 15.9. The first-order valence-electron chi connectivity index (χ1n) is 4.17. The molecule has 0 radical (unpaired) electrons. The molecule has 1 atom stereocenters. The van der Waals surface area contributed by atoms with Gasteiger partial charge in [0.2, 0.25) is 11.3 Å². The van der Waals surface area contributed by atoms with Crippen molar-refractivity contribution in [1.82, 2.24) is 3.71 Å². The largest absolute Gasteiger partial charge is 0.293 e. The van der Waals surface area contributed by atoms with Gasteiger partial charge < -0.3 is 0 Å². The van der Waals surface area contributed by atoms with Crippen molar-refractivity contribution in [2.24, 2.45) is 0 Å². The molecule has 17 heavy (non-hydrogen) atoms. The average molecular weight is 355 g/mol. The Kier molecular flexibility index (Phi) is 6.36. The van der Waals surface area contributed by atoms with Gasteiger partial charge in [-0.3, -0.25) is 4.55 Å². The number of alkyl halides is 3. The van der Waals surface area contributed by atoms with Crippen LogP contribution in [0.15, 0.2) is 24.3 Å². The molecule has 1 rings (SSSR count). The average Bonchev–Trinajstić information content (AvgIpc) is 2.18. The smallest absolute Gasteiger partial charge is 0.252 e. The van der Waals surface area contributed by atoms with Crippen molar-refractivity contribution in [3.05, 3.63) is 34.9 Å². The summed E-state index contributed by atoms with van der Waals surface area (Å²) < 4.78 is 19.5. The van der Waals surface area contributed by atoms with Gasteiger partial charge in [-0.1, -0.05) is 58.5 Å². The van der Waals surface area contributed by atoms with E-state index in [0.717, 1.165) is 9.27 Å². The van der Waals surface area contributed by atoms with Gasteiger partial charge in [-0.05, 0) is 29.6 Å². The van der Waals surface area contributed by atoms with Crippen LogP contribution in [0, 0.1) is 0 Å². The van der Waals surface area contributed by atoms with E-state index < -0.39 is 14.4 Å². The summed E-state index contributed by atoms with van der Waals surface area (Å²) in [5.41, 5.74) is 0.776. The van der Waals surface area contributed by atoms with Crippen molar-refractivity contribution < 1.29 is 8.76 Å². The van der Waals surface area contributed by atoms with Gasteiger partial charge in [0.15, 0.2) is 0 Å². The van der Waals surface area contributed by atoms with E-state index in [2.05, 4.69) is 0 Å². The molecule has 1 unspecified atom stereocenters. The van der Waals surface area contributed by atoms with Crippen molar-refractivity contribution in [3.63, 3.8) is 0 Å². The van der Waals surface area contributed by atoms with E-state index in [4.69, 9.17) is 51.0 Å². The molecule has 0 spiro atoms. The van der Waals surface area contributed by atoms with Crippen LogP contribution < -0.4 is 0 Å². The number of benzene rings is 1. The highest BCUT2D eigenvalue weighted by molar-refractivity contribution is 8.09. The molecule has 0 aromatic heterocycles. The van der Waals surface area contributed by atoms with Crippen molar-refractivity contribution >= 4 is 69.6 Å². The molecule has 96 valence electrons. The van der Waals surface area contributed by atoms with Crippen LogP contribution in [-0.2, 0) is 17.8 Å². The fourth-order valence-electron chi connectivity index (χ4n) is 0.974. The molecule has 0 aliphatic heterocycles. The third-order valence-corrected chi connectivity index (χ3v) is 4.10. The molecule has 0 amide bonds. The molecule has 1 aromatic rings. The van der Waals surface area contributed by atoms with E-state index in [1.54, 1.807) is 24.3 Å². The third kappa shape index (κ3) is 6.50. The Morgan fingerprint density at radius 1 is 1.29 bits per heavy atom. The fourth-order valence-corrected chi connectivity index (χ4v) is 3.51. The van der Waals surface area contributed by atoms with E-state index in [0.29, 0.717) is 17.0 Å². The molecule has 1 N–H and O–H groups in total. The molecule has 1 aromatic carbocycles. The van der Waals surface area contributed by atoms with Gasteiger partial charge in [0.05, 0.1) is 6.54 Å². The topological polar surface area (TPSA) is 40.5 Å². The zero-order valence-electron chi connectivity index (χ0n) is 8.15. The van der Waals surface area contributed by atoms with Crippen molar-refractivity contribution in [2.75, 3.05) is 0 Å². The van der Waals surface area contributed by atoms with Crippen LogP contribution in [0.25, 0.3) is 0 Å². The van der Waals surface area contributed by atoms with Gasteiger partial charge in [0.1, 0.15) is 0 Å². The molecule has 9 heteroatoms. The molecule has 0 heterocycles. The number of rotatable bonds is 4. The van der Waals surface area contributed by atoms with Crippen molar-refractivity contribution in [1.29, 1.82) is 0 Å². The van der Waals surface area contributed by atoms with Crippen LogP contribution in [0.3, 0.4) is 0 Å². The van der Waals surface area contributed by atoms with Crippen LogP contribution >= 0.6 is 58.4 Å². The summed E-state index contributed by atoms with van der Waals surface area (Å²) in [7, 11) is 0. The Balaban J connectivity index is 2.73. The summed E-state index contributed by atoms with van der Waals surface area (Å²) >= 11 is 20.8. The Hall–Kier alpha value is 0.800. The normalized spacial score (nSPS) is 14.0. The second kappa shape index (κ2) is 6.82. The van der Waals surface area contributed by atoms with Gasteiger partial charge in [0, 0.05) is 5.02 Å². The summed E-state index contributed by atoms with van der Waals surface area (Å²) in [5.74, 6) is 0. The molecule has 0 aliphatic rings. The molecule has 0 fully saturated rings. The second-order valence-corrected chi connectivity index (χ2v) is 8.64. The molecule has 0 saturated heterocycles. The van der Waals surface area contributed by atoms with E-state index in [-0.39, 0.29) is 6.54 Å². The molecule has 0 saturated carbocycles. The van der Waals surface area contributed by atoms with Gasteiger partial charge in [-0.15, -0.1) is 3.71 Å². The van der Waals surface area contributed by atoms with Gasteiger partial charge in [0.25, 0.3) is 3.12 Å². The SMILES string of the molecule is O=S(O)N(Cc1ccc(Cl)cc1)SC(Cl)(Cl)Cl. The van der Waals surface area contributed by atoms with E-state index in [1.165, 1.54) is 0 Å². The number of halogens is 4. The second-order valence-electron chi connectivity index (χ2n) is 2.89. The van der Waals surface area contributed by atoms with Crippen molar-refractivity contribution in [2.45, 2.75) is 9.67 Å². The Bertz CT molecular complexity index is 396. The highest BCUT2D eigenvalue weighted by atomic mass is 35.6. The number of hydrogen-bond acceptors (Lipinski definition) is 2. The minimum Gasteiger partial charge on any atom is -0.293 e. The van der Waals surface area contributed by atoms with Crippen LogP contribution in [-0.4, -0.2) is 15.6 Å². The van der Waals surface area contributed by atoms with Crippen LogP contribution in [0.1, 0.15) is 5.56 Å². The van der Waals surface area contributed by atoms with Gasteiger partial charge >= 0.3 is 0 Å². The van der Waals surface area contributed by atoms with Gasteiger partial charge in [-0.2, -0.15) is 0 Å². The molecule has 0 aliphatic carbocycles. The highest BCUT2D eigenvalue weighted by Crippen LogP contribution is 2.42. The predicted molar refractivity (Wildman–Crippen MR) is 75.6 cm³/mol. The predicted octanol–water partition coefficient (Wildman–Crippen LogP) is 4.25. The number of nitrogens with zero attached hydrogens (tertiary/aromatic N) is 1. The van der Waals surface area contributed by atoms with Gasteiger partial charge in [-0.25, -0.2) is 4.21 Å². The monoisotopic (exact) mass is 353 g/mol. The first-order valence-corrected chi connectivity index (χ1v) is 7.51. The van der Waals surface area contributed by atoms with E-state index in [9.17, 15) is 4.21 Å². The lowest BCUT2D eigenvalue weighted by Crippen LogP contribution is -2.21. The Morgan fingerprint density at radius 3 is 2.24 bits per heavy atom. The molecule has 3 nitrogen and oxygen atoms in total. The Morgan fingerprint density at radius 2 is 1.82 bits per heavy atom. The maximum atomic E-state index is 11.1. The maximum Gasteiger partial charge on any atom is 0.252 e. The zero-order chi connectivity index (χ0) is 13.1. The lowest BCUT2D eigenvalue weighted by Gasteiger charge is -2.20. The summed E-state index contributed by atoms with van der Waals surface area (Å²) in [6, 6.07) is 6.80. The minimum atomic E-state index is -2.25. The third-order valence-electron chi connectivity index (χ3n) is 1.60. The zero-order valence-corrected chi connectivity index (χ0v) is 12.8. The van der Waals surface area contributed by atoms with Crippen LogP contribution in [0.5, 0.6) is 0 Å². The van der Waals surface area contributed by atoms with Crippen molar-refractivity contribution in [3.8, 4) is 0 Å². The first-order chi connectivity index (χ1) is 7.78. The quantitative estimate of drug-likeness (QED) is 0.499. The summed E-state index contributed by atoms with van der Waals surface area (Å²) in [5, 5.41) is 0.583. The summed E-state index contributed by atoms with van der Waals surface area (Å²) in [6.07, 6.45) is 0. The lowest BCUT2D eigenvalue weighted by atomic mass is 10.2. The standard InChI is InChI=1S/C8H7Cl4NO2S2/c9-7-3-1-6(2-4-7)5-13(17(14)15)16-8(10,11)12/h1-4H,5H2,(H,14,15). The lowest BCUT2D eigenvalue weighted by molar-refractivity contribution is 0.509. The van der Waals surface area contributed by atoms with E-state index >= 15 is 0 Å². The minimum absolute atomic E-state index is 0.152. The molecular formula is C8H7Cl4NO2S2. The highest BCUT2D eigenvalue weighted by Gasteiger charge is 2.28. The maximum absolute atomic E-state index is 11.1. The van der Waals surface area contributed by atoms with Crippen LogP contribution in [0.2, 0.25) is 5.02 Å². The summed E-state index contributed by atoms with van der Waals surface area (Å²) in [4.78, 5) is 0. The Labute approximate surface area is 126 Å². The van der Waals surface area contributed by atoms with Crippen LogP contribution in [0.4, 0.5) is 0 Å². The van der Waals surface area contributed by atoms with E-state index in [1.807, 2.05) is 0 Å². The molecular weight excluding hydrogens is 348 g/mol. The fraction of sp³-hybridized carbons (Fsp3) is 0.250. The molecule has 0 bridgehead atoms. The number of hydrogen-bond donors (Lipinski definition) is 1.